The first kappa shape index (κ1) is 15.6. The van der Waals surface area contributed by atoms with Crippen LogP contribution in [0.4, 0.5) is 4.79 Å². The van der Waals surface area contributed by atoms with Crippen LogP contribution in [0.25, 0.3) is 0 Å². The summed E-state index contributed by atoms with van der Waals surface area (Å²) in [6.45, 7) is 1.79. The maximum Gasteiger partial charge on any atom is 0.317 e. The number of hydrogen-bond donors (Lipinski definition) is 1. The number of rotatable bonds is 5. The van der Waals surface area contributed by atoms with Gasteiger partial charge < -0.3 is 19.7 Å². The lowest BCUT2D eigenvalue weighted by Crippen LogP contribution is -2.39. The van der Waals surface area contributed by atoms with Crippen molar-refractivity contribution >= 4 is 17.4 Å². The molecule has 2 aromatic rings. The Hall–Kier alpha value is -2.28. The number of aromatic nitrogens is 1. The van der Waals surface area contributed by atoms with Gasteiger partial charge in [0.2, 0.25) is 0 Å². The molecule has 1 N–H and O–H groups in total. The zero-order valence-corrected chi connectivity index (χ0v) is 13.7. The molecule has 6 nitrogen and oxygen atoms in total. The molecule has 0 saturated carbocycles. The third-order valence-corrected chi connectivity index (χ3v) is 4.37. The normalized spacial score (nSPS) is 17.1. The Morgan fingerprint density at radius 2 is 2.26 bits per heavy atom. The van der Waals surface area contributed by atoms with Crippen molar-refractivity contribution in [2.75, 3.05) is 20.2 Å². The summed E-state index contributed by atoms with van der Waals surface area (Å²) in [7, 11) is 1.63. The Morgan fingerprint density at radius 1 is 1.43 bits per heavy atom. The number of thiazole rings is 1. The van der Waals surface area contributed by atoms with E-state index in [0.717, 1.165) is 17.7 Å². The Labute approximate surface area is 139 Å². The zero-order chi connectivity index (χ0) is 16.1. The molecule has 0 spiro atoms. The van der Waals surface area contributed by atoms with Crippen LogP contribution in [-0.2, 0) is 6.54 Å². The molecule has 0 aliphatic carbocycles. The van der Waals surface area contributed by atoms with Crippen molar-refractivity contribution in [3.8, 4) is 10.9 Å². The molecule has 23 heavy (non-hydrogen) atoms. The highest BCUT2D eigenvalue weighted by Gasteiger charge is 2.27. The van der Waals surface area contributed by atoms with Crippen LogP contribution in [0.2, 0.25) is 0 Å². The van der Waals surface area contributed by atoms with Gasteiger partial charge in [0, 0.05) is 31.1 Å². The molecule has 1 aliphatic rings. The maximum atomic E-state index is 12.2. The molecule has 1 atom stereocenters. The third-order valence-electron chi connectivity index (χ3n) is 3.71. The van der Waals surface area contributed by atoms with Crippen LogP contribution in [0, 0.1) is 0 Å². The van der Waals surface area contributed by atoms with Crippen LogP contribution >= 0.6 is 11.3 Å². The van der Waals surface area contributed by atoms with Gasteiger partial charge in [-0.15, -0.1) is 0 Å². The molecule has 1 saturated heterocycles. The lowest BCUT2D eigenvalue weighted by atomic mass is 10.2. The fourth-order valence-electron chi connectivity index (χ4n) is 2.45. The first-order chi connectivity index (χ1) is 11.2. The molecule has 0 bridgehead atoms. The molecule has 0 radical (unpaired) electrons. The van der Waals surface area contributed by atoms with E-state index >= 15 is 0 Å². The number of hydrogen-bond acceptors (Lipinski definition) is 5. The minimum atomic E-state index is -0.0638. The molecule has 122 valence electrons. The van der Waals surface area contributed by atoms with Gasteiger partial charge in [-0.3, -0.25) is 0 Å². The summed E-state index contributed by atoms with van der Waals surface area (Å²) in [5.74, 6) is 0.807. The van der Waals surface area contributed by atoms with E-state index in [2.05, 4.69) is 10.3 Å². The molecule has 7 heteroatoms. The van der Waals surface area contributed by atoms with Crippen molar-refractivity contribution in [1.82, 2.24) is 15.2 Å². The zero-order valence-electron chi connectivity index (χ0n) is 12.9. The van der Waals surface area contributed by atoms with Gasteiger partial charge in [0.15, 0.2) is 0 Å². The number of ether oxygens (including phenoxy) is 2. The number of benzene rings is 1. The standard InChI is InChI=1S/C16H19N3O3S/c1-21-13-4-2-12(3-5-13)10-18-15(20)19-8-6-14(11-19)22-16-17-7-9-23-16/h2-5,7,9,14H,6,8,10-11H2,1H3,(H,18,20). The van der Waals surface area contributed by atoms with Crippen molar-refractivity contribution < 1.29 is 14.3 Å². The van der Waals surface area contributed by atoms with Gasteiger partial charge in [-0.1, -0.05) is 23.5 Å². The number of carbonyl (C=O) groups is 1. The summed E-state index contributed by atoms with van der Waals surface area (Å²) in [4.78, 5) is 18.1. The molecule has 1 aromatic carbocycles. The summed E-state index contributed by atoms with van der Waals surface area (Å²) in [6, 6.07) is 7.59. The van der Waals surface area contributed by atoms with Crippen LogP contribution in [0.15, 0.2) is 35.8 Å². The molecule has 1 aliphatic heterocycles. The number of amides is 2. The van der Waals surface area contributed by atoms with Crippen LogP contribution in [0.5, 0.6) is 10.9 Å². The van der Waals surface area contributed by atoms with E-state index in [1.54, 1.807) is 18.2 Å². The smallest absolute Gasteiger partial charge is 0.317 e. The van der Waals surface area contributed by atoms with Crippen molar-refractivity contribution in [1.29, 1.82) is 0 Å². The molecule has 1 fully saturated rings. The topological polar surface area (TPSA) is 63.7 Å². The lowest BCUT2D eigenvalue weighted by molar-refractivity contribution is 0.186. The second kappa shape index (κ2) is 7.32. The molecule has 3 rings (SSSR count). The van der Waals surface area contributed by atoms with E-state index in [0.29, 0.717) is 24.8 Å². The average Bonchev–Trinajstić information content (AvgIpc) is 3.25. The van der Waals surface area contributed by atoms with Crippen LogP contribution < -0.4 is 14.8 Å². The van der Waals surface area contributed by atoms with E-state index in [4.69, 9.17) is 9.47 Å². The molecular formula is C16H19N3O3S. The first-order valence-corrected chi connectivity index (χ1v) is 8.34. The third kappa shape index (κ3) is 4.13. The quantitative estimate of drug-likeness (QED) is 0.913. The Kier molecular flexibility index (Phi) is 4.97. The van der Waals surface area contributed by atoms with E-state index in [1.165, 1.54) is 11.3 Å². The van der Waals surface area contributed by atoms with E-state index in [1.807, 2.05) is 29.6 Å². The van der Waals surface area contributed by atoms with Gasteiger partial charge in [-0.2, -0.15) is 0 Å². The van der Waals surface area contributed by atoms with Gasteiger partial charge in [0.25, 0.3) is 5.19 Å². The van der Waals surface area contributed by atoms with Crippen molar-refractivity contribution in [3.63, 3.8) is 0 Å². The summed E-state index contributed by atoms with van der Waals surface area (Å²) < 4.78 is 10.9. The summed E-state index contributed by atoms with van der Waals surface area (Å²) in [5, 5.41) is 5.48. The second-order valence-corrected chi connectivity index (χ2v) is 6.14. The average molecular weight is 333 g/mol. The van der Waals surface area contributed by atoms with Crippen molar-refractivity contribution in [2.45, 2.75) is 19.1 Å². The SMILES string of the molecule is COc1ccc(CNC(=O)N2CCC(Oc3nccs3)C2)cc1. The van der Waals surface area contributed by atoms with Gasteiger partial charge >= 0.3 is 6.03 Å². The maximum absolute atomic E-state index is 12.2. The van der Waals surface area contributed by atoms with Gasteiger partial charge in [-0.05, 0) is 17.7 Å². The second-order valence-electron chi connectivity index (χ2n) is 5.28. The van der Waals surface area contributed by atoms with Crippen LogP contribution in [0.1, 0.15) is 12.0 Å². The number of methoxy groups -OCH3 is 1. The van der Waals surface area contributed by atoms with Crippen LogP contribution in [-0.4, -0.2) is 42.2 Å². The summed E-state index contributed by atoms with van der Waals surface area (Å²) in [6.07, 6.45) is 2.57. The predicted molar refractivity (Wildman–Crippen MR) is 87.9 cm³/mol. The Balaban J connectivity index is 1.45. The fraction of sp³-hybridized carbons (Fsp3) is 0.375. The fourth-order valence-corrected chi connectivity index (χ4v) is 3.00. The van der Waals surface area contributed by atoms with Gasteiger partial charge in [-0.25, -0.2) is 9.78 Å². The predicted octanol–water partition coefficient (Wildman–Crippen LogP) is 2.51. The number of urea groups is 1. The summed E-state index contributed by atoms with van der Waals surface area (Å²) in [5.41, 5.74) is 1.04. The Morgan fingerprint density at radius 3 is 2.96 bits per heavy atom. The Bertz CT molecular complexity index is 631. The number of nitrogens with one attached hydrogen (secondary N) is 1. The van der Waals surface area contributed by atoms with Crippen molar-refractivity contribution in [3.05, 3.63) is 41.4 Å². The van der Waals surface area contributed by atoms with E-state index in [-0.39, 0.29) is 12.1 Å². The minimum absolute atomic E-state index is 0.0212. The van der Waals surface area contributed by atoms with Gasteiger partial charge in [0.05, 0.1) is 13.7 Å². The first-order valence-electron chi connectivity index (χ1n) is 7.46. The highest BCUT2D eigenvalue weighted by atomic mass is 32.1. The molecule has 2 amide bonds. The van der Waals surface area contributed by atoms with E-state index in [9.17, 15) is 4.79 Å². The number of likely N-dealkylation sites (tertiary alicyclic amines) is 1. The molecule has 2 heterocycles. The number of carbonyl (C=O) groups excluding carboxylic acids is 1. The summed E-state index contributed by atoms with van der Waals surface area (Å²) >= 11 is 1.47. The largest absolute Gasteiger partial charge is 0.497 e. The van der Waals surface area contributed by atoms with Gasteiger partial charge in [0.1, 0.15) is 11.9 Å². The number of nitrogens with zero attached hydrogens (tertiary/aromatic N) is 2. The molecule has 1 aromatic heterocycles. The highest BCUT2D eigenvalue weighted by Crippen LogP contribution is 2.20. The molecule has 1 unspecified atom stereocenters. The molecular weight excluding hydrogens is 314 g/mol. The van der Waals surface area contributed by atoms with E-state index < -0.39 is 0 Å². The monoisotopic (exact) mass is 333 g/mol. The minimum Gasteiger partial charge on any atom is -0.497 e. The lowest BCUT2D eigenvalue weighted by Gasteiger charge is -2.17. The highest BCUT2D eigenvalue weighted by molar-refractivity contribution is 7.11. The van der Waals surface area contributed by atoms with Crippen molar-refractivity contribution in [2.24, 2.45) is 0 Å². The van der Waals surface area contributed by atoms with Crippen LogP contribution in [0.3, 0.4) is 0 Å².